The minimum absolute atomic E-state index is 0.0461. The average molecular weight is 275 g/mol. The molecule has 0 saturated heterocycles. The zero-order chi connectivity index (χ0) is 14.7. The van der Waals surface area contributed by atoms with E-state index in [1.54, 1.807) is 20.8 Å². The number of aliphatic hydroxyl groups excluding tert-OH is 1. The van der Waals surface area contributed by atoms with E-state index >= 15 is 0 Å². The van der Waals surface area contributed by atoms with Crippen molar-refractivity contribution in [3.05, 3.63) is 0 Å². The Morgan fingerprint density at radius 2 is 1.95 bits per heavy atom. The van der Waals surface area contributed by atoms with Crippen LogP contribution in [0.1, 0.15) is 33.6 Å². The van der Waals surface area contributed by atoms with Crippen LogP contribution in [-0.2, 0) is 14.3 Å². The van der Waals surface area contributed by atoms with E-state index in [-0.39, 0.29) is 24.4 Å². The van der Waals surface area contributed by atoms with Gasteiger partial charge in [0.2, 0.25) is 0 Å². The monoisotopic (exact) mass is 275 g/mol. The van der Waals surface area contributed by atoms with Gasteiger partial charge in [0.1, 0.15) is 5.78 Å². The molecule has 19 heavy (non-hydrogen) atoms. The van der Waals surface area contributed by atoms with Gasteiger partial charge in [0, 0.05) is 25.5 Å². The molecular weight excluding hydrogens is 250 g/mol. The Labute approximate surface area is 114 Å². The summed E-state index contributed by atoms with van der Waals surface area (Å²) in [6.45, 7) is 6.28. The highest BCUT2D eigenvalue weighted by Gasteiger charge is 2.14. The molecule has 2 N–H and O–H groups in total. The topological polar surface area (TPSA) is 84.9 Å². The van der Waals surface area contributed by atoms with Crippen LogP contribution >= 0.6 is 0 Å². The predicted molar refractivity (Wildman–Crippen MR) is 70.9 cm³/mol. The third kappa shape index (κ3) is 9.44. The van der Waals surface area contributed by atoms with Crippen LogP contribution in [0.3, 0.4) is 0 Å². The first-order chi connectivity index (χ1) is 9.01. The standard InChI is InChI=1S/C13H25NO5/c1-4-12(16)11(9-15)5-7-18-8-6-14-13(17)19-10(2)3/h10-11,15H,4-9H2,1-3H3,(H,14,17). The number of hydrogen-bond acceptors (Lipinski definition) is 5. The van der Waals surface area contributed by atoms with Gasteiger partial charge in [0.25, 0.3) is 0 Å². The number of ether oxygens (including phenoxy) is 2. The van der Waals surface area contributed by atoms with Gasteiger partial charge in [0.05, 0.1) is 19.3 Å². The van der Waals surface area contributed by atoms with Gasteiger partial charge in [-0.05, 0) is 20.3 Å². The Morgan fingerprint density at radius 1 is 1.26 bits per heavy atom. The summed E-state index contributed by atoms with van der Waals surface area (Å²) in [6, 6.07) is 0. The van der Waals surface area contributed by atoms with Gasteiger partial charge < -0.3 is 19.9 Å². The molecule has 0 aliphatic rings. The lowest BCUT2D eigenvalue weighted by atomic mass is 10.00. The number of Topliss-reactive ketones (excluding diaryl/α,β-unsaturated/α-hetero) is 1. The first kappa shape index (κ1) is 17.9. The highest BCUT2D eigenvalue weighted by atomic mass is 16.6. The minimum atomic E-state index is -0.465. The van der Waals surface area contributed by atoms with Gasteiger partial charge >= 0.3 is 6.09 Å². The Morgan fingerprint density at radius 3 is 2.47 bits per heavy atom. The zero-order valence-corrected chi connectivity index (χ0v) is 12.0. The minimum Gasteiger partial charge on any atom is -0.447 e. The molecule has 0 spiro atoms. The van der Waals surface area contributed by atoms with E-state index in [2.05, 4.69) is 5.32 Å². The number of hydrogen-bond donors (Lipinski definition) is 2. The summed E-state index contributed by atoms with van der Waals surface area (Å²) in [5.41, 5.74) is 0. The molecule has 112 valence electrons. The number of amides is 1. The van der Waals surface area contributed by atoms with Crippen LogP contribution in [-0.4, -0.2) is 49.5 Å². The molecule has 0 rings (SSSR count). The van der Waals surface area contributed by atoms with Gasteiger partial charge in [0.15, 0.2) is 0 Å². The van der Waals surface area contributed by atoms with Crippen molar-refractivity contribution in [2.75, 3.05) is 26.4 Å². The number of carbonyl (C=O) groups excluding carboxylic acids is 2. The molecule has 0 fully saturated rings. The molecular formula is C13H25NO5. The third-order valence-corrected chi connectivity index (χ3v) is 2.49. The fourth-order valence-electron chi connectivity index (χ4n) is 1.45. The number of alkyl carbamates (subject to hydrolysis) is 1. The molecule has 1 atom stereocenters. The van der Waals surface area contributed by atoms with Crippen molar-refractivity contribution in [2.45, 2.75) is 39.7 Å². The summed E-state index contributed by atoms with van der Waals surface area (Å²) >= 11 is 0. The Balaban J connectivity index is 3.54. The molecule has 0 heterocycles. The van der Waals surface area contributed by atoms with Crippen LogP contribution < -0.4 is 5.32 Å². The third-order valence-electron chi connectivity index (χ3n) is 2.49. The molecule has 1 unspecified atom stereocenters. The van der Waals surface area contributed by atoms with E-state index in [1.165, 1.54) is 0 Å². The quantitative estimate of drug-likeness (QED) is 0.583. The van der Waals surface area contributed by atoms with E-state index in [9.17, 15) is 9.59 Å². The normalized spacial score (nSPS) is 12.3. The smallest absolute Gasteiger partial charge is 0.407 e. The lowest BCUT2D eigenvalue weighted by molar-refractivity contribution is -0.124. The van der Waals surface area contributed by atoms with Gasteiger partial charge in [-0.2, -0.15) is 0 Å². The van der Waals surface area contributed by atoms with Gasteiger partial charge in [-0.15, -0.1) is 0 Å². The maximum Gasteiger partial charge on any atom is 0.407 e. The molecule has 0 bridgehead atoms. The summed E-state index contributed by atoms with van der Waals surface area (Å²) < 4.78 is 10.2. The van der Waals surface area contributed by atoms with Crippen molar-refractivity contribution in [1.29, 1.82) is 0 Å². The SMILES string of the molecule is CCC(=O)C(CO)CCOCCNC(=O)OC(C)C. The largest absolute Gasteiger partial charge is 0.447 e. The maximum atomic E-state index is 11.4. The highest BCUT2D eigenvalue weighted by molar-refractivity contribution is 5.80. The molecule has 0 aromatic heterocycles. The summed E-state index contributed by atoms with van der Waals surface area (Å²) in [4.78, 5) is 22.5. The molecule has 0 aromatic carbocycles. The lowest BCUT2D eigenvalue weighted by Gasteiger charge is -2.12. The zero-order valence-electron chi connectivity index (χ0n) is 12.0. The van der Waals surface area contributed by atoms with Crippen molar-refractivity contribution in [1.82, 2.24) is 5.32 Å². The van der Waals surface area contributed by atoms with Crippen molar-refractivity contribution in [3.8, 4) is 0 Å². The number of ketones is 1. The molecule has 0 radical (unpaired) electrons. The van der Waals surface area contributed by atoms with Crippen LogP contribution in [0, 0.1) is 5.92 Å². The molecule has 0 saturated carbocycles. The van der Waals surface area contributed by atoms with Crippen LogP contribution in [0.4, 0.5) is 4.79 Å². The van der Waals surface area contributed by atoms with E-state index in [4.69, 9.17) is 14.6 Å². The second kappa shape index (κ2) is 10.8. The fraction of sp³-hybridized carbons (Fsp3) is 0.846. The lowest BCUT2D eigenvalue weighted by Crippen LogP contribution is -2.30. The predicted octanol–water partition coefficient (Wildman–Crippen LogP) is 1.12. The molecule has 1 amide bonds. The number of carbonyl (C=O) groups is 2. The highest BCUT2D eigenvalue weighted by Crippen LogP contribution is 2.06. The second-order valence-corrected chi connectivity index (χ2v) is 4.48. The van der Waals surface area contributed by atoms with Gasteiger partial charge in [-0.1, -0.05) is 6.92 Å². The van der Waals surface area contributed by atoms with Crippen LogP contribution in [0.15, 0.2) is 0 Å². The van der Waals surface area contributed by atoms with Gasteiger partial charge in [-0.3, -0.25) is 4.79 Å². The molecule has 6 nitrogen and oxygen atoms in total. The van der Waals surface area contributed by atoms with Crippen molar-refractivity contribution in [3.63, 3.8) is 0 Å². The van der Waals surface area contributed by atoms with E-state index in [0.29, 0.717) is 32.6 Å². The summed E-state index contributed by atoms with van der Waals surface area (Å²) in [6.07, 6.45) is 0.312. The van der Waals surface area contributed by atoms with E-state index < -0.39 is 6.09 Å². The first-order valence-electron chi connectivity index (χ1n) is 6.67. The van der Waals surface area contributed by atoms with Crippen molar-refractivity contribution < 1.29 is 24.2 Å². The Hall–Kier alpha value is -1.14. The molecule has 6 heteroatoms. The van der Waals surface area contributed by atoms with Crippen LogP contribution in [0.25, 0.3) is 0 Å². The summed E-state index contributed by atoms with van der Waals surface area (Å²) in [5, 5.41) is 11.6. The van der Waals surface area contributed by atoms with E-state index in [0.717, 1.165) is 0 Å². The van der Waals surface area contributed by atoms with Crippen LogP contribution in [0.2, 0.25) is 0 Å². The van der Waals surface area contributed by atoms with Crippen LogP contribution in [0.5, 0.6) is 0 Å². The van der Waals surface area contributed by atoms with Crippen molar-refractivity contribution in [2.24, 2.45) is 5.92 Å². The van der Waals surface area contributed by atoms with Gasteiger partial charge in [-0.25, -0.2) is 4.79 Å². The maximum absolute atomic E-state index is 11.4. The van der Waals surface area contributed by atoms with Crippen molar-refractivity contribution >= 4 is 11.9 Å². The second-order valence-electron chi connectivity index (χ2n) is 4.48. The Kier molecular flexibility index (Phi) is 10.1. The Bertz CT molecular complexity index is 268. The molecule has 0 aliphatic heterocycles. The van der Waals surface area contributed by atoms with E-state index in [1.807, 2.05) is 0 Å². The summed E-state index contributed by atoms with van der Waals surface area (Å²) in [7, 11) is 0. The molecule has 0 aliphatic carbocycles. The number of nitrogens with one attached hydrogen (secondary N) is 1. The number of aliphatic hydroxyl groups is 1. The first-order valence-corrected chi connectivity index (χ1v) is 6.67. The summed E-state index contributed by atoms with van der Waals surface area (Å²) in [5.74, 6) is -0.298. The fourth-order valence-corrected chi connectivity index (χ4v) is 1.45. The average Bonchev–Trinajstić information content (AvgIpc) is 2.36. The molecule has 0 aromatic rings. The number of rotatable bonds is 10.